The molecule has 1 saturated carbocycles. The molecule has 20 heavy (non-hydrogen) atoms. The fraction of sp³-hybridized carbons (Fsp3) is 0.588. The van der Waals surface area contributed by atoms with Gasteiger partial charge in [-0.05, 0) is 30.9 Å². The van der Waals surface area contributed by atoms with E-state index in [4.69, 9.17) is 0 Å². The van der Waals surface area contributed by atoms with Crippen LogP contribution in [0.5, 0.6) is 0 Å². The summed E-state index contributed by atoms with van der Waals surface area (Å²) in [4.78, 5) is 14.6. The van der Waals surface area contributed by atoms with Gasteiger partial charge in [-0.25, -0.2) is 0 Å². The first-order valence-corrected chi connectivity index (χ1v) is 7.72. The maximum Gasteiger partial charge on any atom is 0.254 e. The number of hydrogen-bond donors (Lipinski definition) is 1. The first-order chi connectivity index (χ1) is 9.74. The molecule has 3 rings (SSSR count). The van der Waals surface area contributed by atoms with Gasteiger partial charge in [-0.2, -0.15) is 0 Å². The summed E-state index contributed by atoms with van der Waals surface area (Å²) >= 11 is 0. The zero-order valence-corrected chi connectivity index (χ0v) is 12.0. The maximum atomic E-state index is 12.6. The molecule has 1 aromatic carbocycles. The van der Waals surface area contributed by atoms with E-state index in [9.17, 15) is 9.90 Å². The topological polar surface area (TPSA) is 40.5 Å². The quantitative estimate of drug-likeness (QED) is 0.919. The number of hydrogen-bond acceptors (Lipinski definition) is 2. The largest absolute Gasteiger partial charge is 0.396 e. The van der Waals surface area contributed by atoms with Crippen molar-refractivity contribution in [3.63, 3.8) is 0 Å². The minimum absolute atomic E-state index is 0.0554. The Morgan fingerprint density at radius 3 is 2.65 bits per heavy atom. The molecule has 0 spiro atoms. The van der Waals surface area contributed by atoms with Crippen LogP contribution in [-0.2, 0) is 6.42 Å². The second kappa shape index (κ2) is 5.57. The minimum atomic E-state index is -0.0554. The van der Waals surface area contributed by atoms with Crippen molar-refractivity contribution in [2.75, 3.05) is 19.7 Å². The molecular weight excluding hydrogens is 250 g/mol. The molecular formula is C17H23NO2. The fourth-order valence-electron chi connectivity index (χ4n) is 3.70. The third kappa shape index (κ3) is 2.47. The molecule has 0 unspecified atom stereocenters. The van der Waals surface area contributed by atoms with Crippen LogP contribution in [0, 0.1) is 5.41 Å². The lowest BCUT2D eigenvalue weighted by molar-refractivity contribution is 0.0324. The monoisotopic (exact) mass is 273 g/mol. The van der Waals surface area contributed by atoms with E-state index < -0.39 is 0 Å². The molecule has 1 aliphatic carbocycles. The van der Waals surface area contributed by atoms with Gasteiger partial charge in [-0.15, -0.1) is 0 Å². The van der Waals surface area contributed by atoms with Crippen LogP contribution in [0.25, 0.3) is 0 Å². The van der Waals surface area contributed by atoms with Gasteiger partial charge < -0.3 is 10.0 Å². The Morgan fingerprint density at radius 1 is 1.15 bits per heavy atom. The molecule has 3 nitrogen and oxygen atoms in total. The highest BCUT2D eigenvalue weighted by atomic mass is 16.3. The highest BCUT2D eigenvalue weighted by molar-refractivity contribution is 5.96. The van der Waals surface area contributed by atoms with Crippen molar-refractivity contribution in [3.05, 3.63) is 35.4 Å². The lowest BCUT2D eigenvalue weighted by Gasteiger charge is -2.41. The third-order valence-electron chi connectivity index (χ3n) is 4.96. The predicted molar refractivity (Wildman–Crippen MR) is 78.7 cm³/mol. The van der Waals surface area contributed by atoms with Crippen molar-refractivity contribution in [2.24, 2.45) is 5.41 Å². The second-order valence-electron chi connectivity index (χ2n) is 6.35. The number of aliphatic hydroxyl groups excluding tert-OH is 1. The van der Waals surface area contributed by atoms with Gasteiger partial charge in [-0.1, -0.05) is 37.5 Å². The van der Waals surface area contributed by atoms with Gasteiger partial charge in [-0.3, -0.25) is 4.79 Å². The number of carbonyl (C=O) groups is 1. The Balaban J connectivity index is 1.77. The van der Waals surface area contributed by atoms with E-state index in [0.717, 1.165) is 43.5 Å². The summed E-state index contributed by atoms with van der Waals surface area (Å²) in [6.45, 7) is 1.71. The summed E-state index contributed by atoms with van der Waals surface area (Å²) in [6.07, 6.45) is 6.66. The standard InChI is InChI=1S/C17H23NO2/c19-13-17(9-4-1-5-10-17)12-18-11-8-14-6-2-3-7-15(14)16(18)20/h2-3,6-7,19H,1,4-5,8-13H2. The van der Waals surface area contributed by atoms with E-state index >= 15 is 0 Å². The molecule has 1 N–H and O–H groups in total. The van der Waals surface area contributed by atoms with Gasteiger partial charge >= 0.3 is 0 Å². The molecule has 0 bridgehead atoms. The highest BCUT2D eigenvalue weighted by Crippen LogP contribution is 2.37. The van der Waals surface area contributed by atoms with Gasteiger partial charge in [0.05, 0.1) is 6.61 Å². The van der Waals surface area contributed by atoms with Crippen molar-refractivity contribution in [2.45, 2.75) is 38.5 Å². The fourth-order valence-corrected chi connectivity index (χ4v) is 3.70. The number of benzene rings is 1. The smallest absolute Gasteiger partial charge is 0.254 e. The van der Waals surface area contributed by atoms with Gasteiger partial charge in [0.2, 0.25) is 0 Å². The van der Waals surface area contributed by atoms with Gasteiger partial charge in [0, 0.05) is 24.1 Å². The summed E-state index contributed by atoms with van der Waals surface area (Å²) in [5.41, 5.74) is 1.96. The summed E-state index contributed by atoms with van der Waals surface area (Å²) in [5, 5.41) is 9.82. The number of fused-ring (bicyclic) bond motifs is 1. The first-order valence-electron chi connectivity index (χ1n) is 7.72. The molecule has 0 aromatic heterocycles. The molecule has 108 valence electrons. The summed E-state index contributed by atoms with van der Waals surface area (Å²) in [7, 11) is 0. The van der Waals surface area contributed by atoms with Crippen molar-refractivity contribution in [1.29, 1.82) is 0 Å². The van der Waals surface area contributed by atoms with Crippen LogP contribution in [0.1, 0.15) is 48.0 Å². The van der Waals surface area contributed by atoms with Crippen LogP contribution in [0.4, 0.5) is 0 Å². The molecule has 0 saturated heterocycles. The Morgan fingerprint density at radius 2 is 1.90 bits per heavy atom. The highest BCUT2D eigenvalue weighted by Gasteiger charge is 2.36. The number of rotatable bonds is 3. The Bertz CT molecular complexity index is 492. The Hall–Kier alpha value is -1.35. The van der Waals surface area contributed by atoms with Gasteiger partial charge in [0.15, 0.2) is 0 Å². The maximum absolute atomic E-state index is 12.6. The summed E-state index contributed by atoms with van der Waals surface area (Å²) < 4.78 is 0. The second-order valence-corrected chi connectivity index (χ2v) is 6.35. The van der Waals surface area contributed by atoms with Gasteiger partial charge in [0.25, 0.3) is 5.91 Å². The zero-order valence-electron chi connectivity index (χ0n) is 12.0. The number of carbonyl (C=O) groups excluding carboxylic acids is 1. The summed E-state index contributed by atoms with van der Waals surface area (Å²) in [6, 6.07) is 7.91. The lowest BCUT2D eigenvalue weighted by Crippen LogP contribution is -2.47. The van der Waals surface area contributed by atoms with E-state index in [1.807, 2.05) is 29.2 Å². The van der Waals surface area contributed by atoms with E-state index in [0.29, 0.717) is 0 Å². The molecule has 1 aliphatic heterocycles. The molecule has 0 atom stereocenters. The zero-order chi connectivity index (χ0) is 14.0. The van der Waals surface area contributed by atoms with Crippen LogP contribution >= 0.6 is 0 Å². The lowest BCUT2D eigenvalue weighted by atomic mass is 9.74. The van der Waals surface area contributed by atoms with E-state index in [-0.39, 0.29) is 17.9 Å². The minimum Gasteiger partial charge on any atom is -0.396 e. The normalized spacial score (nSPS) is 21.6. The van der Waals surface area contributed by atoms with Crippen molar-refractivity contribution in [1.82, 2.24) is 4.90 Å². The first kappa shape index (κ1) is 13.6. The van der Waals surface area contributed by atoms with Crippen LogP contribution in [-0.4, -0.2) is 35.6 Å². The molecule has 1 aromatic rings. The van der Waals surface area contributed by atoms with Crippen LogP contribution in [0.3, 0.4) is 0 Å². The Kier molecular flexibility index (Phi) is 3.79. The average Bonchev–Trinajstić information content (AvgIpc) is 2.51. The van der Waals surface area contributed by atoms with Crippen molar-refractivity contribution >= 4 is 5.91 Å². The van der Waals surface area contributed by atoms with Crippen molar-refractivity contribution in [3.8, 4) is 0 Å². The average molecular weight is 273 g/mol. The van der Waals surface area contributed by atoms with Crippen LogP contribution < -0.4 is 0 Å². The third-order valence-corrected chi connectivity index (χ3v) is 4.96. The van der Waals surface area contributed by atoms with E-state index in [1.165, 1.54) is 19.3 Å². The molecule has 3 heteroatoms. The SMILES string of the molecule is O=C1c2ccccc2CCN1CC1(CO)CCCCC1. The van der Waals surface area contributed by atoms with Crippen LogP contribution in [0.15, 0.2) is 24.3 Å². The number of aliphatic hydroxyl groups is 1. The summed E-state index contributed by atoms with van der Waals surface area (Å²) in [5.74, 6) is 0.144. The molecule has 0 radical (unpaired) electrons. The van der Waals surface area contributed by atoms with E-state index in [2.05, 4.69) is 0 Å². The molecule has 1 heterocycles. The number of nitrogens with zero attached hydrogens (tertiary/aromatic N) is 1. The molecule has 1 fully saturated rings. The van der Waals surface area contributed by atoms with Gasteiger partial charge in [0.1, 0.15) is 0 Å². The predicted octanol–water partition coefficient (Wildman–Crippen LogP) is 2.63. The van der Waals surface area contributed by atoms with E-state index in [1.54, 1.807) is 0 Å². The molecule has 1 amide bonds. The Labute approximate surface area is 120 Å². The van der Waals surface area contributed by atoms with Crippen LogP contribution in [0.2, 0.25) is 0 Å². The van der Waals surface area contributed by atoms with Crippen molar-refractivity contribution < 1.29 is 9.90 Å². The number of amides is 1. The molecule has 2 aliphatic rings.